The maximum Gasteiger partial charge on any atom is 0.260 e. The molecule has 0 saturated heterocycles. The third-order valence-electron chi connectivity index (χ3n) is 6.04. The smallest absolute Gasteiger partial charge is 0.260 e. The van der Waals surface area contributed by atoms with Crippen molar-refractivity contribution < 1.29 is 18.0 Å². The number of carbonyl (C=O) groups is 1. The van der Waals surface area contributed by atoms with Gasteiger partial charge in [0, 0.05) is 17.4 Å². The molecule has 0 unspecified atom stereocenters. The second-order valence-electron chi connectivity index (χ2n) is 8.69. The van der Waals surface area contributed by atoms with Gasteiger partial charge in [-0.3, -0.25) is 4.79 Å². The Morgan fingerprint density at radius 1 is 1.24 bits per heavy atom. The molecule has 3 fully saturated rings. The van der Waals surface area contributed by atoms with Crippen molar-refractivity contribution in [1.29, 1.82) is 0 Å². The van der Waals surface area contributed by atoms with E-state index in [2.05, 4.69) is 5.32 Å². The largest absolute Gasteiger partial charge is 0.310 e. The van der Waals surface area contributed by atoms with Crippen LogP contribution in [-0.4, -0.2) is 27.3 Å². The lowest BCUT2D eigenvalue weighted by Crippen LogP contribution is -2.48. The van der Waals surface area contributed by atoms with E-state index in [1.54, 1.807) is 11.6 Å². The van der Waals surface area contributed by atoms with Crippen LogP contribution in [0.2, 0.25) is 0 Å². The topological polar surface area (TPSA) is 46.9 Å². The summed E-state index contributed by atoms with van der Waals surface area (Å²) in [5, 5.41) is 7.40. The van der Waals surface area contributed by atoms with Crippen LogP contribution in [0.5, 0.6) is 0 Å². The molecule has 1 aromatic heterocycles. The molecule has 4 rings (SSSR count). The van der Waals surface area contributed by atoms with Gasteiger partial charge < -0.3 is 5.32 Å². The van der Waals surface area contributed by atoms with Gasteiger partial charge >= 0.3 is 0 Å². The molecule has 1 heterocycles. The second kappa shape index (κ2) is 5.01. The average molecular weight is 355 g/mol. The average Bonchev–Trinajstić information content (AvgIpc) is 2.93. The molecule has 0 spiro atoms. The number of carbonyl (C=O) groups excluding carboxylic acids is 1. The number of nitrogens with one attached hydrogen (secondary N) is 1. The fraction of sp³-hybridized carbons (Fsp3) is 0.778. The molecule has 1 amide bonds. The number of anilines is 1. The monoisotopic (exact) mass is 355 g/mol. The molecule has 1 atom stereocenters. The Morgan fingerprint density at radius 2 is 1.84 bits per heavy atom. The lowest BCUT2D eigenvalue weighted by Gasteiger charge is -2.47. The first-order valence-electron chi connectivity index (χ1n) is 9.00. The van der Waals surface area contributed by atoms with Crippen LogP contribution in [0.4, 0.5) is 19.0 Å². The molecule has 25 heavy (non-hydrogen) atoms. The van der Waals surface area contributed by atoms with Crippen LogP contribution in [0.1, 0.15) is 69.7 Å². The first-order chi connectivity index (χ1) is 11.5. The Kier molecular flexibility index (Phi) is 3.39. The molecule has 1 N–H and O–H groups in total. The van der Waals surface area contributed by atoms with Gasteiger partial charge in [-0.15, -0.1) is 0 Å². The lowest BCUT2D eigenvalue weighted by atomic mass is 9.60. The van der Waals surface area contributed by atoms with Gasteiger partial charge in [-0.05, 0) is 46.0 Å². The van der Waals surface area contributed by atoms with E-state index in [-0.39, 0.29) is 17.9 Å². The Labute approximate surface area is 145 Å². The van der Waals surface area contributed by atoms with Crippen LogP contribution in [0.15, 0.2) is 0 Å². The number of rotatable bonds is 4. The maximum absolute atomic E-state index is 14.1. The Bertz CT molecular complexity index is 728. The molecule has 1 aromatic rings. The minimum atomic E-state index is -2.89. The summed E-state index contributed by atoms with van der Waals surface area (Å²) < 4.78 is 42.3. The highest BCUT2D eigenvalue weighted by molar-refractivity contribution is 5.95. The summed E-state index contributed by atoms with van der Waals surface area (Å²) >= 11 is 0. The van der Waals surface area contributed by atoms with Crippen LogP contribution in [0.25, 0.3) is 0 Å². The van der Waals surface area contributed by atoms with Crippen LogP contribution in [0.3, 0.4) is 0 Å². The highest BCUT2D eigenvalue weighted by Gasteiger charge is 2.61. The van der Waals surface area contributed by atoms with Crippen LogP contribution in [0, 0.1) is 12.8 Å². The molecular formula is C18H24F3N3O. The molecule has 3 aliphatic carbocycles. The summed E-state index contributed by atoms with van der Waals surface area (Å²) in [6.45, 7) is 5.41. The van der Waals surface area contributed by atoms with E-state index in [0.717, 1.165) is 30.5 Å². The quantitative estimate of drug-likeness (QED) is 0.876. The molecule has 7 heteroatoms. The standard InChI is InChI=1S/C18H24F3N3O/c1-10-13(16(2)8-17(3,19)9-16)23-24(11-5-4-6-11)14(10)22-15(25)12-7-18(12,20)21/h11-12H,4-9H2,1-3H3,(H,22,25)/t12-,16?,17?/m1/s1. The minimum Gasteiger partial charge on any atom is -0.310 e. The van der Waals surface area contributed by atoms with Crippen LogP contribution >= 0.6 is 0 Å². The van der Waals surface area contributed by atoms with Crippen molar-refractivity contribution in [3.8, 4) is 0 Å². The van der Waals surface area contributed by atoms with Gasteiger partial charge in [-0.25, -0.2) is 17.9 Å². The summed E-state index contributed by atoms with van der Waals surface area (Å²) in [5.74, 6) is -4.26. The van der Waals surface area contributed by atoms with E-state index in [1.165, 1.54) is 0 Å². The molecule has 3 saturated carbocycles. The Morgan fingerprint density at radius 3 is 2.28 bits per heavy atom. The number of alkyl halides is 3. The number of aromatic nitrogens is 2. The van der Waals surface area contributed by atoms with E-state index >= 15 is 0 Å². The van der Waals surface area contributed by atoms with E-state index in [0.29, 0.717) is 18.7 Å². The summed E-state index contributed by atoms with van der Waals surface area (Å²) in [6.07, 6.45) is 3.39. The number of nitrogens with zero attached hydrogens (tertiary/aromatic N) is 2. The predicted octanol–water partition coefficient (Wildman–Crippen LogP) is 4.29. The summed E-state index contributed by atoms with van der Waals surface area (Å²) in [6, 6.07) is 0.183. The van der Waals surface area contributed by atoms with Gasteiger partial charge in [0.1, 0.15) is 17.4 Å². The number of hydrogen-bond donors (Lipinski definition) is 1. The Balaban J connectivity index is 1.64. The molecular weight excluding hydrogens is 331 g/mol. The van der Waals surface area contributed by atoms with Gasteiger partial charge in [0.2, 0.25) is 5.91 Å². The third kappa shape index (κ3) is 2.66. The van der Waals surface area contributed by atoms with E-state index in [9.17, 15) is 18.0 Å². The number of amides is 1. The predicted molar refractivity (Wildman–Crippen MR) is 87.6 cm³/mol. The fourth-order valence-electron chi connectivity index (χ4n) is 4.58. The fourth-order valence-corrected chi connectivity index (χ4v) is 4.58. The first-order valence-corrected chi connectivity index (χ1v) is 9.00. The van der Waals surface area contributed by atoms with Crippen LogP contribution in [-0.2, 0) is 10.2 Å². The maximum atomic E-state index is 14.1. The van der Waals surface area contributed by atoms with Gasteiger partial charge in [-0.2, -0.15) is 5.10 Å². The van der Waals surface area contributed by atoms with Crippen molar-refractivity contribution in [3.05, 3.63) is 11.3 Å². The zero-order valence-electron chi connectivity index (χ0n) is 14.8. The van der Waals surface area contributed by atoms with E-state index < -0.39 is 23.4 Å². The zero-order valence-corrected chi connectivity index (χ0v) is 14.8. The second-order valence-corrected chi connectivity index (χ2v) is 8.69. The SMILES string of the molecule is Cc1c(C2(C)CC(C)(F)C2)nn(C2CCC2)c1NC(=O)[C@H]1CC1(F)F. The normalized spacial score (nSPS) is 36.5. The van der Waals surface area contributed by atoms with Crippen molar-refractivity contribution >= 4 is 11.7 Å². The van der Waals surface area contributed by atoms with Crippen molar-refractivity contribution in [3.63, 3.8) is 0 Å². The first kappa shape index (κ1) is 16.9. The van der Waals surface area contributed by atoms with Gasteiger partial charge in [0.15, 0.2) is 0 Å². The van der Waals surface area contributed by atoms with Gasteiger partial charge in [-0.1, -0.05) is 6.92 Å². The minimum absolute atomic E-state index is 0.183. The number of hydrogen-bond acceptors (Lipinski definition) is 2. The molecule has 3 aliphatic rings. The van der Waals surface area contributed by atoms with Gasteiger partial charge in [0.05, 0.1) is 11.7 Å². The molecule has 0 aromatic carbocycles. The third-order valence-corrected chi connectivity index (χ3v) is 6.04. The van der Waals surface area contributed by atoms with E-state index in [4.69, 9.17) is 5.10 Å². The van der Waals surface area contributed by atoms with Crippen molar-refractivity contribution in [1.82, 2.24) is 9.78 Å². The lowest BCUT2D eigenvalue weighted by molar-refractivity contribution is -0.119. The summed E-state index contributed by atoms with van der Waals surface area (Å²) in [5.41, 5.74) is 0.00144. The summed E-state index contributed by atoms with van der Waals surface area (Å²) in [7, 11) is 0. The van der Waals surface area contributed by atoms with Crippen molar-refractivity contribution in [2.45, 2.75) is 82.3 Å². The van der Waals surface area contributed by atoms with Crippen molar-refractivity contribution in [2.75, 3.05) is 5.32 Å². The Hall–Kier alpha value is -1.53. The molecule has 0 radical (unpaired) electrons. The molecule has 138 valence electrons. The van der Waals surface area contributed by atoms with Crippen molar-refractivity contribution in [2.24, 2.45) is 5.92 Å². The van der Waals surface area contributed by atoms with E-state index in [1.807, 2.05) is 13.8 Å². The summed E-state index contributed by atoms with van der Waals surface area (Å²) in [4.78, 5) is 12.2. The zero-order chi connectivity index (χ0) is 18.2. The van der Waals surface area contributed by atoms with Crippen LogP contribution < -0.4 is 5.32 Å². The van der Waals surface area contributed by atoms with Gasteiger partial charge in [0.25, 0.3) is 5.92 Å². The molecule has 0 bridgehead atoms. The molecule has 0 aliphatic heterocycles. The number of halogens is 3. The highest BCUT2D eigenvalue weighted by Crippen LogP contribution is 2.54. The highest BCUT2D eigenvalue weighted by atomic mass is 19.3. The molecule has 4 nitrogen and oxygen atoms in total.